The quantitative estimate of drug-likeness (QED) is 0.581. The molecule has 0 aromatic heterocycles. The first-order chi connectivity index (χ1) is 15.8. The fourth-order valence-corrected chi connectivity index (χ4v) is 3.94. The number of carboxylic acids is 1. The van der Waals surface area contributed by atoms with Gasteiger partial charge in [0.25, 0.3) is 0 Å². The molecule has 0 heterocycles. The highest BCUT2D eigenvalue weighted by atomic mass is 19.4. The van der Waals surface area contributed by atoms with Crippen molar-refractivity contribution in [1.29, 1.82) is 0 Å². The molecule has 0 radical (unpaired) electrons. The highest BCUT2D eigenvalue weighted by Crippen LogP contribution is 2.44. The molecule has 34 heavy (non-hydrogen) atoms. The number of carboxylic acid groups (broad SMARTS) is 1. The first-order valence-corrected chi connectivity index (χ1v) is 10.5. The Morgan fingerprint density at radius 2 is 1.41 bits per heavy atom. The predicted octanol–water partition coefficient (Wildman–Crippen LogP) is 4.07. The average Bonchev–Trinajstić information content (AvgIpc) is 3.06. The lowest BCUT2D eigenvalue weighted by Crippen LogP contribution is -2.59. The van der Waals surface area contributed by atoms with Gasteiger partial charge in [-0.15, -0.1) is 0 Å². The fourth-order valence-electron chi connectivity index (χ4n) is 3.94. The van der Waals surface area contributed by atoms with Crippen molar-refractivity contribution < 1.29 is 37.4 Å². The molecule has 7 nitrogen and oxygen atoms in total. The first-order valence-electron chi connectivity index (χ1n) is 10.5. The Morgan fingerprint density at radius 3 is 1.85 bits per heavy atom. The summed E-state index contributed by atoms with van der Waals surface area (Å²) in [4.78, 5) is 36.1. The van der Waals surface area contributed by atoms with Gasteiger partial charge in [0.15, 0.2) is 0 Å². The van der Waals surface area contributed by atoms with E-state index in [1.54, 1.807) is 0 Å². The van der Waals surface area contributed by atoms with Gasteiger partial charge in [-0.3, -0.25) is 4.79 Å². The topological polar surface area (TPSA) is 105 Å². The van der Waals surface area contributed by atoms with E-state index in [2.05, 4.69) is 5.32 Å². The Kier molecular flexibility index (Phi) is 6.90. The van der Waals surface area contributed by atoms with E-state index in [1.165, 1.54) is 26.1 Å². The summed E-state index contributed by atoms with van der Waals surface area (Å²) in [5, 5.41) is 12.6. The van der Waals surface area contributed by atoms with E-state index in [0.29, 0.717) is 0 Å². The van der Waals surface area contributed by atoms with Crippen molar-refractivity contribution in [3.63, 3.8) is 0 Å². The maximum Gasteiger partial charge on any atom is 0.419 e. The number of nitrogens with one attached hydrogen (secondary N) is 2. The Bertz CT molecular complexity index is 1050. The van der Waals surface area contributed by atoms with Crippen LogP contribution < -0.4 is 10.6 Å². The van der Waals surface area contributed by atoms with Gasteiger partial charge in [0.1, 0.15) is 12.6 Å². The Labute approximate surface area is 194 Å². The van der Waals surface area contributed by atoms with E-state index in [1.807, 2.05) is 48.5 Å². The second-order valence-corrected chi connectivity index (χ2v) is 9.09. The van der Waals surface area contributed by atoms with Crippen LogP contribution in [0.4, 0.5) is 18.0 Å². The van der Waals surface area contributed by atoms with Gasteiger partial charge >= 0.3 is 18.2 Å². The Balaban J connectivity index is 1.72. The monoisotopic (exact) mass is 478 g/mol. The standard InChI is InChI=1S/C24H25F3N2O5/c1-23(2,3)18(20(30)28-19(21(31)32)24(25,26)27)29-22(33)34-12-17-15-10-6-4-8-13(15)14-9-5-7-11-16(14)17/h4-11,17-19H,12H2,1-3H3,(H,28,30)(H,29,33)(H,31,32)/t18-,19?/m1/s1. The molecule has 3 N–H and O–H groups in total. The molecule has 2 amide bonds. The average molecular weight is 478 g/mol. The lowest BCUT2D eigenvalue weighted by atomic mass is 9.86. The molecule has 3 rings (SSSR count). The lowest BCUT2D eigenvalue weighted by Gasteiger charge is -2.31. The van der Waals surface area contributed by atoms with Gasteiger partial charge in [-0.2, -0.15) is 13.2 Å². The van der Waals surface area contributed by atoms with Gasteiger partial charge in [0, 0.05) is 5.92 Å². The molecule has 0 aliphatic heterocycles. The summed E-state index contributed by atoms with van der Waals surface area (Å²) >= 11 is 0. The normalized spacial score (nSPS) is 15.0. The summed E-state index contributed by atoms with van der Waals surface area (Å²) in [6, 6.07) is 10.8. The number of rotatable bonds is 6. The van der Waals surface area contributed by atoms with Gasteiger partial charge < -0.3 is 20.5 Å². The van der Waals surface area contributed by atoms with Gasteiger partial charge in [0.2, 0.25) is 11.9 Å². The SMILES string of the molecule is CC(C)(C)[C@H](NC(=O)OCC1c2ccccc2-c2ccccc21)C(=O)NC(C(=O)O)C(F)(F)F. The molecule has 0 saturated carbocycles. The predicted molar refractivity (Wildman–Crippen MR) is 117 cm³/mol. The van der Waals surface area contributed by atoms with Crippen LogP contribution in [0.25, 0.3) is 11.1 Å². The number of aliphatic carboxylic acids is 1. The van der Waals surface area contributed by atoms with Crippen LogP contribution >= 0.6 is 0 Å². The number of amides is 2. The Hall–Kier alpha value is -3.56. The van der Waals surface area contributed by atoms with Crippen molar-refractivity contribution in [1.82, 2.24) is 10.6 Å². The largest absolute Gasteiger partial charge is 0.479 e. The summed E-state index contributed by atoms with van der Waals surface area (Å²) in [6.45, 7) is 4.50. The smallest absolute Gasteiger partial charge is 0.419 e. The number of hydrogen-bond donors (Lipinski definition) is 3. The summed E-state index contributed by atoms with van der Waals surface area (Å²) in [5.74, 6) is -3.79. The third kappa shape index (κ3) is 5.32. The zero-order chi connectivity index (χ0) is 25.3. The van der Waals surface area contributed by atoms with Gasteiger partial charge in [-0.25, -0.2) is 9.59 Å². The van der Waals surface area contributed by atoms with E-state index in [4.69, 9.17) is 9.84 Å². The molecule has 2 aromatic carbocycles. The van der Waals surface area contributed by atoms with Crippen LogP contribution in [0.3, 0.4) is 0 Å². The fraction of sp³-hybridized carbons (Fsp3) is 0.375. The van der Waals surface area contributed by atoms with Crippen LogP contribution in [0, 0.1) is 5.41 Å². The molecule has 10 heteroatoms. The van der Waals surface area contributed by atoms with Crippen molar-refractivity contribution in [2.75, 3.05) is 6.61 Å². The second-order valence-electron chi connectivity index (χ2n) is 9.09. The molecule has 0 bridgehead atoms. The minimum Gasteiger partial charge on any atom is -0.479 e. The molecule has 2 atom stereocenters. The number of ether oxygens (including phenoxy) is 1. The maximum absolute atomic E-state index is 13.0. The van der Waals surface area contributed by atoms with Crippen molar-refractivity contribution in [3.05, 3.63) is 59.7 Å². The van der Waals surface area contributed by atoms with Crippen LogP contribution in [0.5, 0.6) is 0 Å². The van der Waals surface area contributed by atoms with E-state index in [9.17, 15) is 27.6 Å². The zero-order valence-corrected chi connectivity index (χ0v) is 18.8. The number of alkyl carbamates (subject to hydrolysis) is 1. The molecule has 1 aliphatic rings. The van der Waals surface area contributed by atoms with Crippen LogP contribution in [0.1, 0.15) is 37.8 Å². The molecule has 0 saturated heterocycles. The number of fused-ring (bicyclic) bond motifs is 3. The van der Waals surface area contributed by atoms with E-state index >= 15 is 0 Å². The highest BCUT2D eigenvalue weighted by molar-refractivity contribution is 5.90. The number of hydrogen-bond acceptors (Lipinski definition) is 4. The second kappa shape index (κ2) is 9.36. The molecule has 2 aromatic rings. The number of halogens is 3. The summed E-state index contributed by atoms with van der Waals surface area (Å²) < 4.78 is 44.3. The van der Waals surface area contributed by atoms with Crippen LogP contribution in [-0.2, 0) is 14.3 Å². The van der Waals surface area contributed by atoms with E-state index in [0.717, 1.165) is 22.3 Å². The molecule has 0 spiro atoms. The minimum absolute atomic E-state index is 0.0569. The van der Waals surface area contributed by atoms with Crippen LogP contribution in [-0.4, -0.2) is 47.9 Å². The molecule has 1 aliphatic carbocycles. The van der Waals surface area contributed by atoms with Crippen molar-refractivity contribution in [3.8, 4) is 11.1 Å². The van der Waals surface area contributed by atoms with Crippen molar-refractivity contribution in [2.24, 2.45) is 5.41 Å². The molecular weight excluding hydrogens is 453 g/mol. The van der Waals surface area contributed by atoms with Gasteiger partial charge in [-0.1, -0.05) is 69.3 Å². The summed E-state index contributed by atoms with van der Waals surface area (Å²) in [5.41, 5.74) is 2.94. The van der Waals surface area contributed by atoms with Gasteiger partial charge in [0.05, 0.1) is 0 Å². The van der Waals surface area contributed by atoms with E-state index < -0.39 is 41.6 Å². The van der Waals surface area contributed by atoms with Gasteiger partial charge in [-0.05, 0) is 27.7 Å². The van der Waals surface area contributed by atoms with Crippen molar-refractivity contribution >= 4 is 18.0 Å². The minimum atomic E-state index is -5.20. The maximum atomic E-state index is 13.0. The summed E-state index contributed by atoms with van der Waals surface area (Å²) in [7, 11) is 0. The number of carbonyl (C=O) groups excluding carboxylic acids is 2. The molecule has 182 valence electrons. The number of alkyl halides is 3. The molecular formula is C24H25F3N2O5. The Morgan fingerprint density at radius 1 is 0.912 bits per heavy atom. The number of benzene rings is 2. The first kappa shape index (κ1) is 25.1. The van der Waals surface area contributed by atoms with E-state index in [-0.39, 0.29) is 12.5 Å². The van der Waals surface area contributed by atoms with Crippen LogP contribution in [0.2, 0.25) is 0 Å². The lowest BCUT2D eigenvalue weighted by molar-refractivity contribution is -0.182. The molecule has 1 unspecified atom stereocenters. The zero-order valence-electron chi connectivity index (χ0n) is 18.8. The number of carbonyl (C=O) groups is 3. The molecule has 0 fully saturated rings. The summed E-state index contributed by atoms with van der Waals surface area (Å²) in [6.07, 6.45) is -6.20. The van der Waals surface area contributed by atoms with Crippen LogP contribution in [0.15, 0.2) is 48.5 Å². The van der Waals surface area contributed by atoms with Crippen molar-refractivity contribution in [2.45, 2.75) is 44.9 Å². The highest BCUT2D eigenvalue weighted by Gasteiger charge is 2.48. The third-order valence-electron chi connectivity index (χ3n) is 5.59. The third-order valence-corrected chi connectivity index (χ3v) is 5.59.